The van der Waals surface area contributed by atoms with Crippen LogP contribution in [0.1, 0.15) is 11.1 Å². The molecule has 1 aromatic carbocycles. The fourth-order valence-electron chi connectivity index (χ4n) is 1.61. The van der Waals surface area contributed by atoms with Crippen LogP contribution >= 0.6 is 23.2 Å². The van der Waals surface area contributed by atoms with Gasteiger partial charge in [-0.25, -0.2) is 0 Å². The highest BCUT2D eigenvalue weighted by Crippen LogP contribution is 2.25. The van der Waals surface area contributed by atoms with Crippen LogP contribution in [0, 0.1) is 6.57 Å². The Bertz CT molecular complexity index is 603. The Balaban J connectivity index is 1.93. The van der Waals surface area contributed by atoms with Gasteiger partial charge in [0, 0.05) is 18.7 Å². The Labute approximate surface area is 122 Å². The van der Waals surface area contributed by atoms with E-state index in [0.29, 0.717) is 29.0 Å². The molecule has 3 nitrogen and oxygen atoms in total. The zero-order valence-electron chi connectivity index (χ0n) is 10.0. The Morgan fingerprint density at radius 1 is 1.16 bits per heavy atom. The van der Waals surface area contributed by atoms with Crippen molar-refractivity contribution in [1.29, 1.82) is 0 Å². The first-order valence-corrected chi connectivity index (χ1v) is 6.42. The highest BCUT2D eigenvalue weighted by atomic mass is 35.5. The quantitative estimate of drug-likeness (QED) is 0.854. The summed E-state index contributed by atoms with van der Waals surface area (Å²) < 4.78 is 0. The molecule has 0 aliphatic carbocycles. The molecule has 0 amide bonds. The summed E-state index contributed by atoms with van der Waals surface area (Å²) >= 11 is 12.0. The van der Waals surface area contributed by atoms with Crippen LogP contribution in [-0.4, -0.2) is 4.98 Å². The molecule has 0 atom stereocenters. The van der Waals surface area contributed by atoms with Crippen LogP contribution in [0.5, 0.6) is 0 Å². The summed E-state index contributed by atoms with van der Waals surface area (Å²) in [6.45, 7) is 8.12. The molecule has 1 N–H and O–H groups in total. The highest BCUT2D eigenvalue weighted by Gasteiger charge is 2.04. The fourth-order valence-corrected chi connectivity index (χ4v) is 2.00. The van der Waals surface area contributed by atoms with Gasteiger partial charge >= 0.3 is 0 Å². The van der Waals surface area contributed by atoms with Gasteiger partial charge in [0.2, 0.25) is 0 Å². The topological polar surface area (TPSA) is 29.3 Å². The van der Waals surface area contributed by atoms with Crippen molar-refractivity contribution in [2.24, 2.45) is 0 Å². The Kier molecular flexibility index (Phi) is 4.75. The minimum Gasteiger partial charge on any atom is -0.361 e. The lowest BCUT2D eigenvalue weighted by Crippen LogP contribution is -2.13. The second kappa shape index (κ2) is 6.53. The number of nitrogens with one attached hydrogen (secondary N) is 1. The third-order valence-corrected chi connectivity index (χ3v) is 3.46. The van der Waals surface area contributed by atoms with E-state index in [4.69, 9.17) is 29.8 Å². The summed E-state index contributed by atoms with van der Waals surface area (Å²) in [4.78, 5) is 7.26. The lowest BCUT2D eigenvalue weighted by molar-refractivity contribution is 0.692. The van der Waals surface area contributed by atoms with Crippen LogP contribution < -0.4 is 5.32 Å². The zero-order valence-corrected chi connectivity index (χ0v) is 11.5. The van der Waals surface area contributed by atoms with Crippen molar-refractivity contribution >= 4 is 29.0 Å². The number of pyridine rings is 1. The second-order valence-electron chi connectivity index (χ2n) is 3.95. The summed E-state index contributed by atoms with van der Waals surface area (Å²) in [6.07, 6.45) is 1.69. The number of halogens is 2. The maximum absolute atomic E-state index is 6.83. The summed E-state index contributed by atoms with van der Waals surface area (Å²) in [5.41, 5.74) is 1.98. The first kappa shape index (κ1) is 13.8. The lowest BCUT2D eigenvalue weighted by atomic mass is 10.2. The summed E-state index contributed by atoms with van der Waals surface area (Å²) in [5.74, 6) is 0.404. The minimum atomic E-state index is 0.404. The largest absolute Gasteiger partial charge is 0.361 e. The van der Waals surface area contributed by atoms with Gasteiger partial charge in [0.05, 0.1) is 10.0 Å². The molecule has 0 spiro atoms. The summed E-state index contributed by atoms with van der Waals surface area (Å²) in [6, 6.07) is 9.16. The molecule has 0 aliphatic heterocycles. The van der Waals surface area contributed by atoms with Crippen molar-refractivity contribution in [1.82, 2.24) is 10.3 Å². The molecule has 2 aromatic rings. The molecule has 0 bridgehead atoms. The van der Waals surface area contributed by atoms with Gasteiger partial charge < -0.3 is 10.2 Å². The van der Waals surface area contributed by atoms with Gasteiger partial charge in [-0.2, -0.15) is 0 Å². The van der Waals surface area contributed by atoms with Crippen molar-refractivity contribution in [3.63, 3.8) is 0 Å². The number of rotatable bonds is 4. The fraction of sp³-hybridized carbons (Fsp3) is 0.143. The number of nitrogens with zero attached hydrogens (tertiary/aromatic N) is 2. The molecule has 0 unspecified atom stereocenters. The van der Waals surface area contributed by atoms with Crippen molar-refractivity contribution in [2.75, 3.05) is 0 Å². The molecule has 0 saturated carbocycles. The predicted octanol–water partition coefficient (Wildman–Crippen LogP) is 4.23. The standard InChI is InChI=1S/C14H11Cl2N3/c1-17-13-6-5-10(8-19-13)7-18-9-11-3-2-4-12(15)14(11)16/h2-6,8,18H,7,9H2. The van der Waals surface area contributed by atoms with Crippen LogP contribution in [0.25, 0.3) is 4.85 Å². The van der Waals surface area contributed by atoms with Gasteiger partial charge in [0.15, 0.2) is 0 Å². The number of hydrogen-bond acceptors (Lipinski definition) is 2. The molecule has 1 heterocycles. The van der Waals surface area contributed by atoms with E-state index in [1.165, 1.54) is 0 Å². The van der Waals surface area contributed by atoms with E-state index in [0.717, 1.165) is 11.1 Å². The molecule has 5 heteroatoms. The Hall–Kier alpha value is -1.60. The van der Waals surface area contributed by atoms with E-state index >= 15 is 0 Å². The normalized spacial score (nSPS) is 10.2. The van der Waals surface area contributed by atoms with Gasteiger partial charge in [-0.1, -0.05) is 48.0 Å². The zero-order chi connectivity index (χ0) is 13.7. The Morgan fingerprint density at radius 3 is 2.68 bits per heavy atom. The Morgan fingerprint density at radius 2 is 2.00 bits per heavy atom. The van der Waals surface area contributed by atoms with Gasteiger partial charge in [-0.15, -0.1) is 4.98 Å². The van der Waals surface area contributed by atoms with Gasteiger partial charge in [0.1, 0.15) is 6.20 Å². The summed E-state index contributed by atoms with van der Waals surface area (Å²) in [5, 5.41) is 4.40. The first-order valence-electron chi connectivity index (χ1n) is 5.66. The highest BCUT2D eigenvalue weighted by molar-refractivity contribution is 6.42. The maximum atomic E-state index is 6.83. The van der Waals surface area contributed by atoms with E-state index in [-0.39, 0.29) is 0 Å². The van der Waals surface area contributed by atoms with E-state index in [1.807, 2.05) is 18.2 Å². The maximum Gasteiger partial charge on any atom is 0.269 e. The average molecular weight is 292 g/mol. The van der Waals surface area contributed by atoms with Crippen LogP contribution in [0.4, 0.5) is 5.82 Å². The molecule has 2 rings (SSSR count). The van der Waals surface area contributed by atoms with Gasteiger partial charge in [-0.05, 0) is 17.7 Å². The first-order chi connectivity index (χ1) is 9.20. The van der Waals surface area contributed by atoms with Crippen LogP contribution in [0.15, 0.2) is 36.5 Å². The summed E-state index contributed by atoms with van der Waals surface area (Å²) in [7, 11) is 0. The average Bonchev–Trinajstić information content (AvgIpc) is 2.44. The van der Waals surface area contributed by atoms with Gasteiger partial charge in [0.25, 0.3) is 5.82 Å². The van der Waals surface area contributed by atoms with Gasteiger partial charge in [-0.3, -0.25) is 0 Å². The van der Waals surface area contributed by atoms with Crippen LogP contribution in [0.2, 0.25) is 10.0 Å². The predicted molar refractivity (Wildman–Crippen MR) is 77.5 cm³/mol. The molecule has 0 fully saturated rings. The lowest BCUT2D eigenvalue weighted by Gasteiger charge is -2.07. The van der Waals surface area contributed by atoms with E-state index in [1.54, 1.807) is 18.3 Å². The third kappa shape index (κ3) is 3.68. The number of benzene rings is 1. The van der Waals surface area contributed by atoms with Crippen LogP contribution in [-0.2, 0) is 13.1 Å². The molecule has 19 heavy (non-hydrogen) atoms. The van der Waals surface area contributed by atoms with Crippen LogP contribution in [0.3, 0.4) is 0 Å². The van der Waals surface area contributed by atoms with Crippen molar-refractivity contribution in [2.45, 2.75) is 13.1 Å². The molecular weight excluding hydrogens is 281 g/mol. The van der Waals surface area contributed by atoms with Crippen molar-refractivity contribution in [3.8, 4) is 0 Å². The molecule has 0 radical (unpaired) electrons. The minimum absolute atomic E-state index is 0.404. The molecule has 1 aromatic heterocycles. The monoisotopic (exact) mass is 291 g/mol. The third-order valence-electron chi connectivity index (χ3n) is 2.60. The molecule has 0 saturated heterocycles. The van der Waals surface area contributed by atoms with E-state index < -0.39 is 0 Å². The SMILES string of the molecule is [C-]#[N+]c1ccc(CNCc2cccc(Cl)c2Cl)cn1. The van der Waals surface area contributed by atoms with Crippen molar-refractivity contribution in [3.05, 3.63) is 69.1 Å². The molecule has 0 aliphatic rings. The number of aromatic nitrogens is 1. The second-order valence-corrected chi connectivity index (χ2v) is 4.74. The van der Waals surface area contributed by atoms with Crippen molar-refractivity contribution < 1.29 is 0 Å². The molecule has 96 valence electrons. The number of hydrogen-bond donors (Lipinski definition) is 1. The smallest absolute Gasteiger partial charge is 0.269 e. The van der Waals surface area contributed by atoms with E-state index in [2.05, 4.69) is 15.1 Å². The van der Waals surface area contributed by atoms with E-state index in [9.17, 15) is 0 Å². The molecular formula is C14H11Cl2N3.